The molecule has 0 aliphatic carbocycles. The standard InChI is InChI=1S/C13H19N3OS/c1-2-8-16(10-12(14)18)13(17)15-9-11-6-4-3-5-7-11/h3-7H,2,8-10H2,1H3,(H2,14,18)(H,15,17). The number of amides is 2. The van der Waals surface area contributed by atoms with Crippen LogP contribution >= 0.6 is 12.2 Å². The lowest BCUT2D eigenvalue weighted by atomic mass is 10.2. The fourth-order valence-corrected chi connectivity index (χ4v) is 1.75. The molecule has 5 heteroatoms. The highest BCUT2D eigenvalue weighted by atomic mass is 32.1. The number of nitrogens with zero attached hydrogens (tertiary/aromatic N) is 1. The summed E-state index contributed by atoms with van der Waals surface area (Å²) in [5.41, 5.74) is 6.55. The summed E-state index contributed by atoms with van der Waals surface area (Å²) in [6.45, 7) is 3.50. The maximum Gasteiger partial charge on any atom is 0.318 e. The molecular weight excluding hydrogens is 246 g/mol. The van der Waals surface area contributed by atoms with Crippen LogP contribution in [0, 0.1) is 0 Å². The molecule has 18 heavy (non-hydrogen) atoms. The Morgan fingerprint density at radius 2 is 2.06 bits per heavy atom. The van der Waals surface area contributed by atoms with Crippen molar-refractivity contribution in [2.45, 2.75) is 19.9 Å². The van der Waals surface area contributed by atoms with Crippen molar-refractivity contribution in [3.05, 3.63) is 35.9 Å². The molecule has 1 rings (SSSR count). The second kappa shape index (κ2) is 7.66. The van der Waals surface area contributed by atoms with E-state index < -0.39 is 0 Å². The third kappa shape index (κ3) is 5.14. The number of thiocarbonyl (C=S) groups is 1. The molecule has 0 aliphatic rings. The lowest BCUT2D eigenvalue weighted by Gasteiger charge is -2.21. The number of nitrogens with two attached hydrogens (primary N) is 1. The first kappa shape index (κ1) is 14.4. The number of rotatable bonds is 6. The van der Waals surface area contributed by atoms with Crippen LogP contribution in [-0.4, -0.2) is 29.0 Å². The minimum Gasteiger partial charge on any atom is -0.392 e. The smallest absolute Gasteiger partial charge is 0.318 e. The molecule has 2 amide bonds. The van der Waals surface area contributed by atoms with Gasteiger partial charge in [-0.3, -0.25) is 0 Å². The number of carbonyl (C=O) groups excluding carboxylic acids is 1. The lowest BCUT2D eigenvalue weighted by molar-refractivity contribution is 0.204. The maximum atomic E-state index is 11.9. The lowest BCUT2D eigenvalue weighted by Crippen LogP contribution is -2.44. The van der Waals surface area contributed by atoms with E-state index in [2.05, 4.69) is 5.32 Å². The predicted molar refractivity (Wildman–Crippen MR) is 77.3 cm³/mol. The number of carbonyl (C=O) groups is 1. The van der Waals surface area contributed by atoms with E-state index in [9.17, 15) is 4.79 Å². The van der Waals surface area contributed by atoms with Gasteiger partial charge in [-0.1, -0.05) is 49.5 Å². The summed E-state index contributed by atoms with van der Waals surface area (Å²) in [5, 5.41) is 2.86. The van der Waals surface area contributed by atoms with Crippen LogP contribution in [0.2, 0.25) is 0 Å². The average Bonchev–Trinajstić information content (AvgIpc) is 2.36. The molecular formula is C13H19N3OS. The molecule has 4 nitrogen and oxygen atoms in total. The van der Waals surface area contributed by atoms with Gasteiger partial charge in [0.15, 0.2) is 0 Å². The summed E-state index contributed by atoms with van der Waals surface area (Å²) in [4.78, 5) is 13.9. The van der Waals surface area contributed by atoms with Gasteiger partial charge in [0.05, 0.1) is 11.5 Å². The fourth-order valence-electron chi connectivity index (χ4n) is 1.60. The minimum atomic E-state index is -0.131. The normalized spacial score (nSPS) is 9.83. The predicted octanol–water partition coefficient (Wildman–Crippen LogP) is 1.89. The molecule has 0 heterocycles. The van der Waals surface area contributed by atoms with Gasteiger partial charge in [0.1, 0.15) is 0 Å². The highest BCUT2D eigenvalue weighted by molar-refractivity contribution is 7.80. The van der Waals surface area contributed by atoms with Crippen LogP contribution in [-0.2, 0) is 6.54 Å². The zero-order valence-electron chi connectivity index (χ0n) is 10.6. The third-order valence-corrected chi connectivity index (χ3v) is 2.54. The quantitative estimate of drug-likeness (QED) is 0.772. The fraction of sp³-hybridized carbons (Fsp3) is 0.385. The molecule has 0 unspecified atom stereocenters. The van der Waals surface area contributed by atoms with Crippen molar-refractivity contribution in [1.29, 1.82) is 0 Å². The van der Waals surface area contributed by atoms with Crippen LogP contribution in [0.3, 0.4) is 0 Å². The SMILES string of the molecule is CCCN(CC(N)=S)C(=O)NCc1ccccc1. The van der Waals surface area contributed by atoms with Crippen molar-refractivity contribution in [2.24, 2.45) is 5.73 Å². The summed E-state index contributed by atoms with van der Waals surface area (Å²) >= 11 is 4.84. The van der Waals surface area contributed by atoms with Crippen molar-refractivity contribution in [3.8, 4) is 0 Å². The van der Waals surface area contributed by atoms with Gasteiger partial charge in [-0.25, -0.2) is 4.79 Å². The van der Waals surface area contributed by atoms with E-state index in [0.29, 0.717) is 24.6 Å². The monoisotopic (exact) mass is 265 g/mol. The van der Waals surface area contributed by atoms with Crippen molar-refractivity contribution in [1.82, 2.24) is 10.2 Å². The zero-order chi connectivity index (χ0) is 13.4. The second-order valence-electron chi connectivity index (χ2n) is 4.03. The molecule has 0 bridgehead atoms. The molecule has 0 saturated heterocycles. The first-order chi connectivity index (χ1) is 8.63. The van der Waals surface area contributed by atoms with Crippen molar-refractivity contribution < 1.29 is 4.79 Å². The van der Waals surface area contributed by atoms with Gasteiger partial charge in [-0.2, -0.15) is 0 Å². The molecule has 98 valence electrons. The van der Waals surface area contributed by atoms with E-state index in [1.165, 1.54) is 0 Å². The van der Waals surface area contributed by atoms with Crippen LogP contribution < -0.4 is 11.1 Å². The van der Waals surface area contributed by atoms with E-state index in [0.717, 1.165) is 12.0 Å². The van der Waals surface area contributed by atoms with Gasteiger partial charge >= 0.3 is 6.03 Å². The van der Waals surface area contributed by atoms with Crippen LogP contribution in [0.25, 0.3) is 0 Å². The summed E-state index contributed by atoms with van der Waals surface area (Å²) < 4.78 is 0. The van der Waals surface area contributed by atoms with E-state index >= 15 is 0 Å². The third-order valence-electron chi connectivity index (χ3n) is 2.41. The Kier molecular flexibility index (Phi) is 6.14. The Morgan fingerprint density at radius 3 is 2.61 bits per heavy atom. The average molecular weight is 265 g/mol. The van der Waals surface area contributed by atoms with Gasteiger partial charge < -0.3 is 16.0 Å². The molecule has 0 atom stereocenters. The van der Waals surface area contributed by atoms with Gasteiger partial charge in [0.2, 0.25) is 0 Å². The van der Waals surface area contributed by atoms with E-state index in [4.69, 9.17) is 18.0 Å². The maximum absolute atomic E-state index is 11.9. The Labute approximate surface area is 113 Å². The van der Waals surface area contributed by atoms with E-state index in [1.54, 1.807) is 4.90 Å². The van der Waals surface area contributed by atoms with E-state index in [1.807, 2.05) is 37.3 Å². The molecule has 0 saturated carbocycles. The van der Waals surface area contributed by atoms with Crippen LogP contribution in [0.15, 0.2) is 30.3 Å². The van der Waals surface area contributed by atoms with E-state index in [-0.39, 0.29) is 6.03 Å². The Hall–Kier alpha value is -1.62. The molecule has 1 aromatic carbocycles. The molecule has 3 N–H and O–H groups in total. The highest BCUT2D eigenvalue weighted by Crippen LogP contribution is 1.99. The van der Waals surface area contributed by atoms with Crippen molar-refractivity contribution in [2.75, 3.05) is 13.1 Å². The second-order valence-corrected chi connectivity index (χ2v) is 4.56. The molecule has 0 spiro atoms. The van der Waals surface area contributed by atoms with Gasteiger partial charge in [0.25, 0.3) is 0 Å². The summed E-state index contributed by atoms with van der Waals surface area (Å²) in [6.07, 6.45) is 0.876. The summed E-state index contributed by atoms with van der Waals surface area (Å²) in [6, 6.07) is 9.64. The number of hydrogen-bond acceptors (Lipinski definition) is 2. The molecule has 0 radical (unpaired) electrons. The number of urea groups is 1. The summed E-state index contributed by atoms with van der Waals surface area (Å²) in [5.74, 6) is 0. The van der Waals surface area contributed by atoms with Crippen molar-refractivity contribution >= 4 is 23.2 Å². The molecule has 0 aliphatic heterocycles. The first-order valence-electron chi connectivity index (χ1n) is 5.98. The van der Waals surface area contributed by atoms with Crippen molar-refractivity contribution in [3.63, 3.8) is 0 Å². The topological polar surface area (TPSA) is 58.4 Å². The van der Waals surface area contributed by atoms with Gasteiger partial charge in [-0.15, -0.1) is 0 Å². The molecule has 0 aromatic heterocycles. The number of hydrogen-bond donors (Lipinski definition) is 2. The molecule has 1 aromatic rings. The largest absolute Gasteiger partial charge is 0.392 e. The minimum absolute atomic E-state index is 0.131. The Morgan fingerprint density at radius 1 is 1.39 bits per heavy atom. The highest BCUT2D eigenvalue weighted by Gasteiger charge is 2.12. The van der Waals surface area contributed by atoms with Crippen LogP contribution in [0.5, 0.6) is 0 Å². The van der Waals surface area contributed by atoms with Crippen LogP contribution in [0.1, 0.15) is 18.9 Å². The summed E-state index contributed by atoms with van der Waals surface area (Å²) in [7, 11) is 0. The van der Waals surface area contributed by atoms with Crippen LogP contribution in [0.4, 0.5) is 4.79 Å². The first-order valence-corrected chi connectivity index (χ1v) is 6.39. The molecule has 0 fully saturated rings. The number of nitrogens with one attached hydrogen (secondary N) is 1. The Bertz CT molecular complexity index is 394. The van der Waals surface area contributed by atoms with Gasteiger partial charge in [-0.05, 0) is 12.0 Å². The Balaban J connectivity index is 2.48. The van der Waals surface area contributed by atoms with Gasteiger partial charge in [0, 0.05) is 13.1 Å². The number of benzene rings is 1. The zero-order valence-corrected chi connectivity index (χ0v) is 11.4.